The van der Waals surface area contributed by atoms with Gasteiger partial charge in [-0.3, -0.25) is 0 Å². The molecule has 0 aliphatic carbocycles. The quantitative estimate of drug-likeness (QED) is 0.790. The second-order valence-electron chi connectivity index (χ2n) is 4.92. The van der Waals surface area contributed by atoms with Crippen LogP contribution in [0, 0.1) is 5.92 Å². The average Bonchev–Trinajstić information content (AvgIpc) is 2.50. The summed E-state index contributed by atoms with van der Waals surface area (Å²) in [6.45, 7) is 9.57. The highest BCUT2D eigenvalue weighted by Gasteiger charge is 2.17. The van der Waals surface area contributed by atoms with Crippen LogP contribution in [0.3, 0.4) is 0 Å². The van der Waals surface area contributed by atoms with E-state index in [0.717, 1.165) is 38.5 Å². The number of hydrogen-bond donors (Lipinski definition) is 1. The Morgan fingerprint density at radius 1 is 1.25 bits per heavy atom. The van der Waals surface area contributed by atoms with Crippen LogP contribution < -0.4 is 5.32 Å². The van der Waals surface area contributed by atoms with Crippen LogP contribution in [0.5, 0.6) is 0 Å². The first-order valence-electron chi connectivity index (χ1n) is 6.32. The molecule has 0 radical (unpaired) electrons. The van der Waals surface area contributed by atoms with Crippen molar-refractivity contribution in [1.29, 1.82) is 0 Å². The summed E-state index contributed by atoms with van der Waals surface area (Å²) in [5.41, 5.74) is 0. The molecule has 2 amide bonds. The highest BCUT2D eigenvalue weighted by molar-refractivity contribution is 5.73. The van der Waals surface area contributed by atoms with Crippen LogP contribution in [0.1, 0.15) is 26.7 Å². The Balaban J connectivity index is 2.31. The number of rotatable bonds is 3. The summed E-state index contributed by atoms with van der Waals surface area (Å²) in [5.74, 6) is 0.762. The fourth-order valence-corrected chi connectivity index (χ4v) is 2.00. The monoisotopic (exact) mass is 227 g/mol. The van der Waals surface area contributed by atoms with E-state index in [9.17, 15) is 4.79 Å². The summed E-state index contributed by atoms with van der Waals surface area (Å²) in [6.07, 6.45) is 2.34. The molecule has 16 heavy (non-hydrogen) atoms. The van der Waals surface area contributed by atoms with Crippen LogP contribution >= 0.6 is 0 Å². The van der Waals surface area contributed by atoms with Crippen molar-refractivity contribution in [3.8, 4) is 0 Å². The molecule has 0 aromatic rings. The number of hydrogen-bond acceptors (Lipinski definition) is 2. The van der Waals surface area contributed by atoms with Crippen LogP contribution in [0.4, 0.5) is 4.79 Å². The molecular weight excluding hydrogens is 202 g/mol. The van der Waals surface area contributed by atoms with E-state index < -0.39 is 0 Å². The first-order valence-corrected chi connectivity index (χ1v) is 6.32. The van der Waals surface area contributed by atoms with Gasteiger partial charge in [-0.15, -0.1) is 0 Å². The summed E-state index contributed by atoms with van der Waals surface area (Å²) >= 11 is 0. The number of amides is 2. The SMILES string of the molecule is CNC(=O)N1CCCN(CCC(C)C)CC1. The molecule has 0 atom stereocenters. The molecule has 1 heterocycles. The van der Waals surface area contributed by atoms with Gasteiger partial charge in [0.15, 0.2) is 0 Å². The normalized spacial score (nSPS) is 18.6. The van der Waals surface area contributed by atoms with Crippen molar-refractivity contribution in [2.45, 2.75) is 26.7 Å². The summed E-state index contributed by atoms with van der Waals surface area (Å²) in [7, 11) is 1.70. The number of carbonyl (C=O) groups excluding carboxylic acids is 1. The predicted octanol–water partition coefficient (Wildman–Crippen LogP) is 1.38. The summed E-state index contributed by atoms with van der Waals surface area (Å²) in [4.78, 5) is 15.9. The molecule has 4 nitrogen and oxygen atoms in total. The molecule has 1 N–H and O–H groups in total. The van der Waals surface area contributed by atoms with E-state index in [-0.39, 0.29) is 6.03 Å². The maximum atomic E-state index is 11.5. The molecule has 0 unspecified atom stereocenters. The number of urea groups is 1. The smallest absolute Gasteiger partial charge is 0.317 e. The second-order valence-corrected chi connectivity index (χ2v) is 4.92. The molecule has 94 valence electrons. The van der Waals surface area contributed by atoms with E-state index >= 15 is 0 Å². The van der Waals surface area contributed by atoms with Crippen molar-refractivity contribution in [2.75, 3.05) is 39.8 Å². The molecular formula is C12H25N3O. The van der Waals surface area contributed by atoms with E-state index in [4.69, 9.17) is 0 Å². The minimum Gasteiger partial charge on any atom is -0.341 e. The standard InChI is InChI=1S/C12H25N3O/c1-11(2)5-8-14-6-4-7-15(10-9-14)12(16)13-3/h11H,4-10H2,1-3H3,(H,13,16). The van der Waals surface area contributed by atoms with Gasteiger partial charge < -0.3 is 15.1 Å². The molecule has 4 heteroatoms. The van der Waals surface area contributed by atoms with Crippen molar-refractivity contribution in [3.05, 3.63) is 0 Å². The van der Waals surface area contributed by atoms with Crippen molar-refractivity contribution in [1.82, 2.24) is 15.1 Å². The zero-order valence-electron chi connectivity index (χ0n) is 10.8. The van der Waals surface area contributed by atoms with Crippen molar-refractivity contribution >= 4 is 6.03 Å². The molecule has 0 aromatic heterocycles. The number of carbonyl (C=O) groups is 1. The van der Waals surface area contributed by atoms with Crippen LogP contribution in [-0.4, -0.2) is 55.6 Å². The number of nitrogens with zero attached hydrogens (tertiary/aromatic N) is 2. The lowest BCUT2D eigenvalue weighted by atomic mass is 10.1. The molecule has 1 fully saturated rings. The van der Waals surface area contributed by atoms with Gasteiger partial charge in [0.1, 0.15) is 0 Å². The Morgan fingerprint density at radius 3 is 2.62 bits per heavy atom. The van der Waals surface area contributed by atoms with Gasteiger partial charge in [0, 0.05) is 26.7 Å². The fourth-order valence-electron chi connectivity index (χ4n) is 2.00. The molecule has 0 aromatic carbocycles. The third-order valence-corrected chi connectivity index (χ3v) is 3.11. The third-order valence-electron chi connectivity index (χ3n) is 3.11. The Morgan fingerprint density at radius 2 is 2.00 bits per heavy atom. The third kappa shape index (κ3) is 4.39. The van der Waals surface area contributed by atoms with Gasteiger partial charge in [-0.2, -0.15) is 0 Å². The van der Waals surface area contributed by atoms with E-state index in [2.05, 4.69) is 24.1 Å². The first-order chi connectivity index (χ1) is 7.63. The lowest BCUT2D eigenvalue weighted by Crippen LogP contribution is -2.40. The maximum absolute atomic E-state index is 11.5. The average molecular weight is 227 g/mol. The fraction of sp³-hybridized carbons (Fsp3) is 0.917. The Hall–Kier alpha value is -0.770. The van der Waals surface area contributed by atoms with Crippen molar-refractivity contribution < 1.29 is 4.79 Å². The van der Waals surface area contributed by atoms with E-state index in [1.165, 1.54) is 13.0 Å². The predicted molar refractivity (Wildman–Crippen MR) is 66.5 cm³/mol. The first kappa shape index (κ1) is 13.3. The van der Waals surface area contributed by atoms with Gasteiger partial charge in [-0.05, 0) is 31.8 Å². The van der Waals surface area contributed by atoms with E-state index in [1.54, 1.807) is 7.05 Å². The van der Waals surface area contributed by atoms with Crippen LogP contribution in [0.15, 0.2) is 0 Å². The van der Waals surface area contributed by atoms with Crippen molar-refractivity contribution in [2.24, 2.45) is 5.92 Å². The Kier molecular flexibility index (Phi) is 5.60. The Bertz CT molecular complexity index is 218. The highest BCUT2D eigenvalue weighted by atomic mass is 16.2. The topological polar surface area (TPSA) is 35.6 Å². The van der Waals surface area contributed by atoms with Gasteiger partial charge in [0.2, 0.25) is 0 Å². The lowest BCUT2D eigenvalue weighted by Gasteiger charge is -2.22. The summed E-state index contributed by atoms with van der Waals surface area (Å²) in [5, 5.41) is 2.70. The molecule has 0 spiro atoms. The van der Waals surface area contributed by atoms with Gasteiger partial charge >= 0.3 is 6.03 Å². The molecule has 1 saturated heterocycles. The zero-order valence-corrected chi connectivity index (χ0v) is 10.8. The maximum Gasteiger partial charge on any atom is 0.317 e. The van der Waals surface area contributed by atoms with Gasteiger partial charge in [-0.1, -0.05) is 13.8 Å². The minimum atomic E-state index is 0.0608. The van der Waals surface area contributed by atoms with Gasteiger partial charge in [0.25, 0.3) is 0 Å². The van der Waals surface area contributed by atoms with E-state index in [1.807, 2.05) is 4.90 Å². The van der Waals surface area contributed by atoms with Gasteiger partial charge in [0.05, 0.1) is 0 Å². The zero-order chi connectivity index (χ0) is 12.0. The van der Waals surface area contributed by atoms with Crippen molar-refractivity contribution in [3.63, 3.8) is 0 Å². The molecule has 0 bridgehead atoms. The minimum absolute atomic E-state index is 0.0608. The summed E-state index contributed by atoms with van der Waals surface area (Å²) < 4.78 is 0. The van der Waals surface area contributed by atoms with Crippen LogP contribution in [0.25, 0.3) is 0 Å². The van der Waals surface area contributed by atoms with Crippen LogP contribution in [0.2, 0.25) is 0 Å². The lowest BCUT2D eigenvalue weighted by molar-refractivity contribution is 0.199. The molecule has 1 aliphatic rings. The summed E-state index contributed by atoms with van der Waals surface area (Å²) in [6, 6.07) is 0.0608. The molecule has 1 aliphatic heterocycles. The van der Waals surface area contributed by atoms with E-state index in [0.29, 0.717) is 0 Å². The number of nitrogens with one attached hydrogen (secondary N) is 1. The molecule has 1 rings (SSSR count). The second kappa shape index (κ2) is 6.74. The molecule has 0 saturated carbocycles. The highest BCUT2D eigenvalue weighted by Crippen LogP contribution is 2.07. The van der Waals surface area contributed by atoms with Crippen LogP contribution in [-0.2, 0) is 0 Å². The Labute approximate surface area is 99.0 Å². The largest absolute Gasteiger partial charge is 0.341 e. The van der Waals surface area contributed by atoms with Gasteiger partial charge in [-0.25, -0.2) is 4.79 Å².